The minimum atomic E-state index is -0.362. The Morgan fingerprint density at radius 3 is 2.84 bits per heavy atom. The Bertz CT molecular complexity index is 1010. The molecule has 0 unspecified atom stereocenters. The molecule has 2 heterocycles. The summed E-state index contributed by atoms with van der Waals surface area (Å²) in [6, 6.07) is 10.0. The minimum Gasteiger partial charge on any atom is -0.321 e. The lowest BCUT2D eigenvalue weighted by atomic mass is 10.1. The number of rotatable bonds is 3. The van der Waals surface area contributed by atoms with Gasteiger partial charge in [0.25, 0.3) is 5.91 Å². The van der Waals surface area contributed by atoms with Crippen LogP contribution in [0.2, 0.25) is 5.02 Å². The second kappa shape index (κ2) is 7.05. The number of aryl methyl sites for hydroxylation is 1. The highest BCUT2D eigenvalue weighted by atomic mass is 79.9. The van der Waals surface area contributed by atoms with E-state index in [4.69, 9.17) is 18.2 Å². The Balaban J connectivity index is 1.97. The highest BCUT2D eigenvalue weighted by molar-refractivity contribution is 9.10. The van der Waals surface area contributed by atoms with E-state index in [0.717, 1.165) is 5.56 Å². The molecule has 0 radical (unpaired) electrons. The number of benzene rings is 1. The highest BCUT2D eigenvalue weighted by Crippen LogP contribution is 2.24. The maximum atomic E-state index is 12.7. The molecule has 25 heavy (non-hydrogen) atoms. The molecule has 0 atom stereocenters. The number of nitrogens with zero attached hydrogens (tertiary/aromatic N) is 4. The Hall–Kier alpha value is -2.69. The standard InChI is InChI=1S/C17H11BrClN5O/c1-10-8-11(20-2)5-6-13(10)22-17(25)14-9-15(18)23-24(14)16-12(19)4-3-7-21-16/h3-9H,1H3,(H,22,25). The number of carbonyl (C=O) groups is 1. The molecule has 1 amide bonds. The van der Waals surface area contributed by atoms with Crippen molar-refractivity contribution < 1.29 is 4.79 Å². The molecule has 0 aliphatic rings. The lowest BCUT2D eigenvalue weighted by Gasteiger charge is -2.10. The van der Waals surface area contributed by atoms with Crippen molar-refractivity contribution in [1.29, 1.82) is 0 Å². The van der Waals surface area contributed by atoms with E-state index in [-0.39, 0.29) is 11.6 Å². The van der Waals surface area contributed by atoms with Gasteiger partial charge in [-0.2, -0.15) is 5.10 Å². The molecule has 0 saturated carbocycles. The van der Waals surface area contributed by atoms with Crippen LogP contribution in [0.1, 0.15) is 16.1 Å². The normalized spacial score (nSPS) is 10.3. The van der Waals surface area contributed by atoms with Crippen molar-refractivity contribution in [3.05, 3.63) is 74.9 Å². The first-order chi connectivity index (χ1) is 12.0. The largest absolute Gasteiger partial charge is 0.321 e. The molecule has 3 aromatic rings. The van der Waals surface area contributed by atoms with E-state index in [1.165, 1.54) is 4.68 Å². The smallest absolute Gasteiger partial charge is 0.274 e. The number of pyridine rings is 1. The summed E-state index contributed by atoms with van der Waals surface area (Å²) in [5.41, 5.74) is 2.21. The van der Waals surface area contributed by atoms with Gasteiger partial charge in [0.05, 0.1) is 11.6 Å². The predicted molar refractivity (Wildman–Crippen MR) is 99.5 cm³/mol. The lowest BCUT2D eigenvalue weighted by molar-refractivity contribution is 0.101. The first kappa shape index (κ1) is 17.1. The molecule has 124 valence electrons. The number of carbonyl (C=O) groups excluding carboxylic acids is 1. The van der Waals surface area contributed by atoms with Crippen LogP contribution in [0.15, 0.2) is 47.2 Å². The first-order valence-electron chi connectivity index (χ1n) is 7.15. The van der Waals surface area contributed by atoms with E-state index in [1.807, 2.05) is 6.92 Å². The van der Waals surface area contributed by atoms with Crippen molar-refractivity contribution in [2.45, 2.75) is 6.92 Å². The summed E-state index contributed by atoms with van der Waals surface area (Å²) < 4.78 is 1.87. The third kappa shape index (κ3) is 3.55. The molecule has 0 aliphatic carbocycles. The Labute approximate surface area is 157 Å². The Morgan fingerprint density at radius 2 is 2.16 bits per heavy atom. The molecule has 8 heteroatoms. The number of amides is 1. The highest BCUT2D eigenvalue weighted by Gasteiger charge is 2.19. The van der Waals surface area contributed by atoms with Crippen LogP contribution in [0.4, 0.5) is 11.4 Å². The average molecular weight is 417 g/mol. The number of halogens is 2. The van der Waals surface area contributed by atoms with Gasteiger partial charge in [0.15, 0.2) is 11.5 Å². The van der Waals surface area contributed by atoms with Crippen molar-refractivity contribution >= 4 is 44.8 Å². The van der Waals surface area contributed by atoms with Crippen molar-refractivity contribution in [3.63, 3.8) is 0 Å². The number of aromatic nitrogens is 3. The van der Waals surface area contributed by atoms with Gasteiger partial charge in [-0.15, -0.1) is 0 Å². The maximum Gasteiger partial charge on any atom is 0.274 e. The van der Waals surface area contributed by atoms with Gasteiger partial charge in [0.1, 0.15) is 10.3 Å². The topological polar surface area (TPSA) is 64.2 Å². The third-order valence-corrected chi connectivity index (χ3v) is 4.12. The molecular formula is C17H11BrClN5O. The molecule has 0 fully saturated rings. The number of hydrogen-bond acceptors (Lipinski definition) is 3. The Morgan fingerprint density at radius 1 is 1.36 bits per heavy atom. The number of nitrogens with one attached hydrogen (secondary N) is 1. The molecule has 1 N–H and O–H groups in total. The average Bonchev–Trinajstić information content (AvgIpc) is 2.98. The van der Waals surface area contributed by atoms with Crippen molar-refractivity contribution in [2.75, 3.05) is 5.32 Å². The van der Waals surface area contributed by atoms with Crippen molar-refractivity contribution in [2.24, 2.45) is 0 Å². The first-order valence-corrected chi connectivity index (χ1v) is 8.32. The van der Waals surface area contributed by atoms with Gasteiger partial charge < -0.3 is 5.32 Å². The van der Waals surface area contributed by atoms with Gasteiger partial charge in [0.2, 0.25) is 0 Å². The summed E-state index contributed by atoms with van der Waals surface area (Å²) in [5.74, 6) is -0.00123. The van der Waals surface area contributed by atoms with E-state index in [2.05, 4.69) is 36.2 Å². The van der Waals surface area contributed by atoms with Gasteiger partial charge >= 0.3 is 0 Å². The molecule has 0 aliphatic heterocycles. The molecule has 2 aromatic heterocycles. The van der Waals surface area contributed by atoms with E-state index < -0.39 is 0 Å². The predicted octanol–water partition coefficient (Wildman–Crippen LogP) is 4.79. The second-order valence-corrected chi connectivity index (χ2v) is 6.36. The number of hydrogen-bond donors (Lipinski definition) is 1. The maximum absolute atomic E-state index is 12.7. The zero-order valence-corrected chi connectivity index (χ0v) is 15.3. The lowest BCUT2D eigenvalue weighted by Crippen LogP contribution is -2.18. The second-order valence-electron chi connectivity index (χ2n) is 5.14. The van der Waals surface area contributed by atoms with Gasteiger partial charge in [-0.3, -0.25) is 4.79 Å². The van der Waals surface area contributed by atoms with Crippen LogP contribution in [-0.2, 0) is 0 Å². The molecule has 0 spiro atoms. The van der Waals surface area contributed by atoms with Crippen LogP contribution >= 0.6 is 27.5 Å². The van der Waals surface area contributed by atoms with Crippen LogP contribution in [-0.4, -0.2) is 20.7 Å². The van der Waals surface area contributed by atoms with Crippen molar-refractivity contribution in [3.8, 4) is 5.82 Å². The number of anilines is 1. The molecule has 6 nitrogen and oxygen atoms in total. The monoisotopic (exact) mass is 415 g/mol. The third-order valence-electron chi connectivity index (χ3n) is 3.44. The van der Waals surface area contributed by atoms with E-state index in [9.17, 15) is 4.79 Å². The van der Waals surface area contributed by atoms with Gasteiger partial charge in [-0.25, -0.2) is 14.5 Å². The summed E-state index contributed by atoms with van der Waals surface area (Å²) in [7, 11) is 0. The van der Waals surface area contributed by atoms with E-state index >= 15 is 0 Å². The fraction of sp³-hybridized carbons (Fsp3) is 0.0588. The molecule has 3 rings (SSSR count). The quantitative estimate of drug-likeness (QED) is 0.624. The van der Waals surface area contributed by atoms with Crippen LogP contribution < -0.4 is 5.32 Å². The summed E-state index contributed by atoms with van der Waals surface area (Å²) in [4.78, 5) is 20.3. The van der Waals surface area contributed by atoms with Crippen molar-refractivity contribution in [1.82, 2.24) is 14.8 Å². The zero-order chi connectivity index (χ0) is 18.0. The summed E-state index contributed by atoms with van der Waals surface area (Å²) in [6.45, 7) is 8.86. The van der Waals surface area contributed by atoms with Gasteiger partial charge in [-0.1, -0.05) is 23.7 Å². The van der Waals surface area contributed by atoms with Crippen LogP contribution in [0.3, 0.4) is 0 Å². The summed E-state index contributed by atoms with van der Waals surface area (Å²) in [5, 5.41) is 7.45. The fourth-order valence-electron chi connectivity index (χ4n) is 2.25. The molecular weight excluding hydrogens is 406 g/mol. The summed E-state index contributed by atoms with van der Waals surface area (Å²) >= 11 is 9.44. The zero-order valence-electron chi connectivity index (χ0n) is 13.0. The SMILES string of the molecule is [C-]#[N+]c1ccc(NC(=O)c2cc(Br)nn2-c2ncccc2Cl)c(C)c1. The van der Waals surface area contributed by atoms with E-state index in [0.29, 0.717) is 26.8 Å². The summed E-state index contributed by atoms with van der Waals surface area (Å²) in [6.07, 6.45) is 1.58. The van der Waals surface area contributed by atoms with Crippen LogP contribution in [0.25, 0.3) is 10.7 Å². The van der Waals surface area contributed by atoms with Gasteiger partial charge in [-0.05, 0) is 46.6 Å². The van der Waals surface area contributed by atoms with E-state index in [1.54, 1.807) is 42.6 Å². The fourth-order valence-corrected chi connectivity index (χ4v) is 2.83. The van der Waals surface area contributed by atoms with Crippen LogP contribution in [0, 0.1) is 13.5 Å². The minimum absolute atomic E-state index is 0.279. The molecule has 0 saturated heterocycles. The Kier molecular flexibility index (Phi) is 4.83. The van der Waals surface area contributed by atoms with Gasteiger partial charge in [0, 0.05) is 18.0 Å². The van der Waals surface area contributed by atoms with Crippen LogP contribution in [0.5, 0.6) is 0 Å². The molecule has 0 bridgehead atoms. The molecule has 1 aromatic carbocycles.